The molecule has 1 aromatic rings. The maximum atomic E-state index is 11.4. The van der Waals surface area contributed by atoms with Crippen LogP contribution in [0.4, 0.5) is 0 Å². The quantitative estimate of drug-likeness (QED) is 0.616. The molecule has 0 bridgehead atoms. The molecule has 0 heterocycles. The monoisotopic (exact) mass is 288 g/mol. The lowest BCUT2D eigenvalue weighted by atomic mass is 10.2. The van der Waals surface area contributed by atoms with Gasteiger partial charge in [-0.15, -0.1) is 0 Å². The molecule has 0 aliphatic rings. The Labute approximate surface area is 103 Å². The molecule has 5 heteroatoms. The van der Waals surface area contributed by atoms with Gasteiger partial charge in [0.05, 0.1) is 20.8 Å². The second-order valence-electron chi connectivity index (χ2n) is 2.89. The Kier molecular flexibility index (Phi) is 5.11. The van der Waals surface area contributed by atoms with E-state index in [2.05, 4.69) is 20.7 Å². The molecule has 0 fully saturated rings. The van der Waals surface area contributed by atoms with E-state index in [1.807, 2.05) is 0 Å². The van der Waals surface area contributed by atoms with E-state index < -0.39 is 5.97 Å². The fourth-order valence-corrected chi connectivity index (χ4v) is 1.36. The first-order valence-corrected chi connectivity index (χ1v) is 5.80. The smallest absolute Gasteiger partial charge is 0.341 e. The van der Waals surface area contributed by atoms with Crippen molar-refractivity contribution in [1.82, 2.24) is 0 Å². The number of methoxy groups -OCH3 is 2. The summed E-state index contributed by atoms with van der Waals surface area (Å²) in [5.41, 5.74) is 0.385. The first kappa shape index (κ1) is 12.8. The third kappa shape index (κ3) is 3.13. The Bertz CT molecular complexity index is 365. The molecule has 0 N–H and O–H groups in total. The summed E-state index contributed by atoms with van der Waals surface area (Å²) in [6.07, 6.45) is 0. The zero-order chi connectivity index (χ0) is 12.0. The number of carbonyl (C=O) groups is 1. The Morgan fingerprint density at radius 1 is 1.38 bits per heavy atom. The second kappa shape index (κ2) is 6.37. The largest absolute Gasteiger partial charge is 0.496 e. The molecule has 0 aliphatic carbocycles. The average molecular weight is 289 g/mol. The van der Waals surface area contributed by atoms with Crippen molar-refractivity contribution >= 4 is 21.9 Å². The molecule has 0 saturated heterocycles. The summed E-state index contributed by atoms with van der Waals surface area (Å²) in [6.45, 7) is 0.556. The number of rotatable bonds is 5. The van der Waals surface area contributed by atoms with Crippen molar-refractivity contribution < 1.29 is 19.0 Å². The average Bonchev–Trinajstić information content (AvgIpc) is 2.34. The van der Waals surface area contributed by atoms with E-state index in [1.165, 1.54) is 14.2 Å². The van der Waals surface area contributed by atoms with Crippen LogP contribution >= 0.6 is 15.9 Å². The van der Waals surface area contributed by atoms with Gasteiger partial charge >= 0.3 is 5.97 Å². The van der Waals surface area contributed by atoms with Gasteiger partial charge in [0.2, 0.25) is 0 Å². The standard InChI is InChI=1S/C11H13BrO4/c1-14-10-7-8(16-6-5-12)3-4-9(10)11(13)15-2/h3-4,7H,5-6H2,1-2H3. The van der Waals surface area contributed by atoms with Gasteiger partial charge in [-0.25, -0.2) is 4.79 Å². The molecule has 0 radical (unpaired) electrons. The lowest BCUT2D eigenvalue weighted by Gasteiger charge is -2.09. The summed E-state index contributed by atoms with van der Waals surface area (Å²) in [7, 11) is 2.83. The minimum absolute atomic E-state index is 0.385. The predicted molar refractivity (Wildman–Crippen MR) is 63.6 cm³/mol. The molecule has 0 aliphatic heterocycles. The molecule has 4 nitrogen and oxygen atoms in total. The van der Waals surface area contributed by atoms with Crippen LogP contribution in [0.2, 0.25) is 0 Å². The third-order valence-corrected chi connectivity index (χ3v) is 2.25. The van der Waals surface area contributed by atoms with Crippen LogP contribution in [-0.2, 0) is 4.74 Å². The highest BCUT2D eigenvalue weighted by atomic mass is 79.9. The van der Waals surface area contributed by atoms with E-state index >= 15 is 0 Å². The van der Waals surface area contributed by atoms with Crippen LogP contribution in [0.1, 0.15) is 10.4 Å². The van der Waals surface area contributed by atoms with E-state index in [0.717, 1.165) is 5.33 Å². The van der Waals surface area contributed by atoms with Crippen molar-refractivity contribution in [2.45, 2.75) is 0 Å². The Balaban J connectivity index is 2.92. The molecule has 0 atom stereocenters. The Morgan fingerprint density at radius 3 is 2.69 bits per heavy atom. The van der Waals surface area contributed by atoms with Crippen LogP contribution in [-0.4, -0.2) is 32.1 Å². The molecule has 0 saturated carbocycles. The molecule has 88 valence electrons. The van der Waals surface area contributed by atoms with Crippen molar-refractivity contribution in [3.05, 3.63) is 23.8 Å². The summed E-state index contributed by atoms with van der Waals surface area (Å²) in [5.74, 6) is 0.673. The molecule has 1 aromatic carbocycles. The van der Waals surface area contributed by atoms with Crippen LogP contribution in [0.25, 0.3) is 0 Å². The first-order chi connectivity index (χ1) is 7.72. The summed E-state index contributed by atoms with van der Waals surface area (Å²) in [6, 6.07) is 4.99. The van der Waals surface area contributed by atoms with Gasteiger partial charge in [-0.2, -0.15) is 0 Å². The van der Waals surface area contributed by atoms with Gasteiger partial charge in [0, 0.05) is 11.4 Å². The van der Waals surface area contributed by atoms with Crippen LogP contribution in [0, 0.1) is 0 Å². The van der Waals surface area contributed by atoms with Gasteiger partial charge in [0.25, 0.3) is 0 Å². The van der Waals surface area contributed by atoms with E-state index in [1.54, 1.807) is 18.2 Å². The fourth-order valence-electron chi connectivity index (χ4n) is 1.20. The normalized spacial score (nSPS) is 9.69. The Hall–Kier alpha value is -1.23. The third-order valence-electron chi connectivity index (χ3n) is 1.92. The molecular weight excluding hydrogens is 276 g/mol. The highest BCUT2D eigenvalue weighted by Gasteiger charge is 2.13. The van der Waals surface area contributed by atoms with Crippen molar-refractivity contribution in [2.24, 2.45) is 0 Å². The second-order valence-corrected chi connectivity index (χ2v) is 3.68. The maximum absolute atomic E-state index is 11.4. The van der Waals surface area contributed by atoms with E-state index in [9.17, 15) is 4.79 Å². The number of hydrogen-bond acceptors (Lipinski definition) is 4. The topological polar surface area (TPSA) is 44.8 Å². The van der Waals surface area contributed by atoms with Gasteiger partial charge in [-0.3, -0.25) is 0 Å². The molecule has 0 aromatic heterocycles. The van der Waals surface area contributed by atoms with Gasteiger partial charge in [-0.05, 0) is 12.1 Å². The molecule has 16 heavy (non-hydrogen) atoms. The highest BCUT2D eigenvalue weighted by Crippen LogP contribution is 2.25. The maximum Gasteiger partial charge on any atom is 0.341 e. The van der Waals surface area contributed by atoms with Crippen LogP contribution in [0.15, 0.2) is 18.2 Å². The van der Waals surface area contributed by atoms with Gasteiger partial charge in [0.15, 0.2) is 0 Å². The van der Waals surface area contributed by atoms with Gasteiger partial charge < -0.3 is 14.2 Å². The molecule has 0 unspecified atom stereocenters. The SMILES string of the molecule is COC(=O)c1ccc(OCCBr)cc1OC. The fraction of sp³-hybridized carbons (Fsp3) is 0.364. The van der Waals surface area contributed by atoms with Crippen molar-refractivity contribution in [3.8, 4) is 11.5 Å². The van der Waals surface area contributed by atoms with Crippen LogP contribution in [0.5, 0.6) is 11.5 Å². The summed E-state index contributed by atoms with van der Waals surface area (Å²) < 4.78 is 15.1. The molecule has 1 rings (SSSR count). The minimum atomic E-state index is -0.427. The number of alkyl halides is 1. The number of benzene rings is 1. The minimum Gasteiger partial charge on any atom is -0.496 e. The van der Waals surface area contributed by atoms with Gasteiger partial charge in [0.1, 0.15) is 17.1 Å². The molecule has 0 amide bonds. The number of hydrogen-bond donors (Lipinski definition) is 0. The molecule has 0 spiro atoms. The van der Waals surface area contributed by atoms with Gasteiger partial charge in [-0.1, -0.05) is 15.9 Å². The molecular formula is C11H13BrO4. The van der Waals surface area contributed by atoms with Crippen LogP contribution < -0.4 is 9.47 Å². The number of halogens is 1. The van der Waals surface area contributed by atoms with E-state index in [-0.39, 0.29) is 0 Å². The number of carbonyl (C=O) groups excluding carboxylic acids is 1. The highest BCUT2D eigenvalue weighted by molar-refractivity contribution is 9.09. The lowest BCUT2D eigenvalue weighted by Crippen LogP contribution is -2.05. The van der Waals surface area contributed by atoms with E-state index in [0.29, 0.717) is 23.7 Å². The summed E-state index contributed by atoms with van der Waals surface area (Å²) in [4.78, 5) is 11.4. The van der Waals surface area contributed by atoms with Crippen molar-refractivity contribution in [3.63, 3.8) is 0 Å². The van der Waals surface area contributed by atoms with Crippen molar-refractivity contribution in [1.29, 1.82) is 0 Å². The lowest BCUT2D eigenvalue weighted by molar-refractivity contribution is 0.0597. The summed E-state index contributed by atoms with van der Waals surface area (Å²) in [5, 5.41) is 0.744. The Morgan fingerprint density at radius 2 is 2.12 bits per heavy atom. The predicted octanol–water partition coefficient (Wildman–Crippen LogP) is 2.26. The first-order valence-electron chi connectivity index (χ1n) is 4.68. The van der Waals surface area contributed by atoms with Crippen molar-refractivity contribution in [2.75, 3.05) is 26.2 Å². The zero-order valence-corrected chi connectivity index (χ0v) is 10.7. The van der Waals surface area contributed by atoms with E-state index in [4.69, 9.17) is 9.47 Å². The zero-order valence-electron chi connectivity index (χ0n) is 9.16. The number of ether oxygens (including phenoxy) is 3. The van der Waals surface area contributed by atoms with Crippen LogP contribution in [0.3, 0.4) is 0 Å². The number of esters is 1. The summed E-state index contributed by atoms with van der Waals surface area (Å²) >= 11 is 3.26.